The molecular formula is C11H16BrClN2O2. The molecule has 0 aliphatic carbocycles. The van der Waals surface area contributed by atoms with Gasteiger partial charge in [0.15, 0.2) is 0 Å². The fourth-order valence-corrected chi connectivity index (χ4v) is 1.59. The number of nitrogens with two attached hydrogens (primary N) is 1. The molecule has 3 N–H and O–H groups in total. The average molecular weight is 324 g/mol. The molecule has 0 unspecified atom stereocenters. The highest BCUT2D eigenvalue weighted by molar-refractivity contribution is 9.10. The van der Waals surface area contributed by atoms with E-state index in [0.29, 0.717) is 17.9 Å². The molecule has 0 saturated carbocycles. The minimum atomic E-state index is -0.163. The Morgan fingerprint density at radius 2 is 2.24 bits per heavy atom. The number of hydrogen-bond acceptors (Lipinski definition) is 3. The molecule has 1 amide bonds. The van der Waals surface area contributed by atoms with E-state index in [-0.39, 0.29) is 24.4 Å². The number of benzene rings is 1. The largest absolute Gasteiger partial charge is 0.497 e. The molecule has 1 aromatic rings. The van der Waals surface area contributed by atoms with Crippen LogP contribution in [0.15, 0.2) is 22.7 Å². The van der Waals surface area contributed by atoms with Crippen LogP contribution in [0.1, 0.15) is 17.3 Å². The Kier molecular flexibility index (Phi) is 7.18. The van der Waals surface area contributed by atoms with Crippen LogP contribution in [0, 0.1) is 0 Å². The molecule has 0 aliphatic rings. The Balaban J connectivity index is 0.00000256. The second-order valence-corrected chi connectivity index (χ2v) is 4.31. The van der Waals surface area contributed by atoms with E-state index in [9.17, 15) is 4.79 Å². The molecule has 0 aliphatic heterocycles. The van der Waals surface area contributed by atoms with E-state index in [1.807, 2.05) is 6.92 Å². The second-order valence-electron chi connectivity index (χ2n) is 3.46. The van der Waals surface area contributed by atoms with Gasteiger partial charge in [0.25, 0.3) is 5.91 Å². The number of carbonyl (C=O) groups is 1. The van der Waals surface area contributed by atoms with Crippen LogP contribution in [0.4, 0.5) is 0 Å². The molecule has 1 aromatic carbocycles. The summed E-state index contributed by atoms with van der Waals surface area (Å²) in [5, 5.41) is 2.79. The molecular weight excluding hydrogens is 307 g/mol. The monoisotopic (exact) mass is 322 g/mol. The van der Waals surface area contributed by atoms with Crippen molar-refractivity contribution in [3.05, 3.63) is 28.2 Å². The van der Waals surface area contributed by atoms with E-state index >= 15 is 0 Å². The SMILES string of the molecule is COc1ccc(Br)c(C(=O)N[C@H](C)CN)c1.Cl. The minimum absolute atomic E-state index is 0. The Morgan fingerprint density at radius 1 is 1.59 bits per heavy atom. The highest BCUT2D eigenvalue weighted by Crippen LogP contribution is 2.22. The number of rotatable bonds is 4. The van der Waals surface area contributed by atoms with Crippen LogP contribution >= 0.6 is 28.3 Å². The fourth-order valence-electron chi connectivity index (χ4n) is 1.17. The first-order valence-corrected chi connectivity index (χ1v) is 5.72. The van der Waals surface area contributed by atoms with E-state index in [2.05, 4.69) is 21.2 Å². The lowest BCUT2D eigenvalue weighted by atomic mass is 10.2. The highest BCUT2D eigenvalue weighted by Gasteiger charge is 2.12. The predicted molar refractivity (Wildman–Crippen MR) is 73.9 cm³/mol. The summed E-state index contributed by atoms with van der Waals surface area (Å²) in [5.41, 5.74) is 5.98. The number of nitrogens with one attached hydrogen (secondary N) is 1. The van der Waals surface area contributed by atoms with Crippen molar-refractivity contribution >= 4 is 34.2 Å². The molecule has 0 fully saturated rings. The first-order valence-electron chi connectivity index (χ1n) is 4.93. The summed E-state index contributed by atoms with van der Waals surface area (Å²) >= 11 is 3.32. The third-order valence-corrected chi connectivity index (χ3v) is 2.84. The molecule has 1 atom stereocenters. The van der Waals surface area contributed by atoms with E-state index in [4.69, 9.17) is 10.5 Å². The van der Waals surface area contributed by atoms with Gasteiger partial charge < -0.3 is 15.8 Å². The van der Waals surface area contributed by atoms with Gasteiger partial charge in [0.1, 0.15) is 5.75 Å². The van der Waals surface area contributed by atoms with Crippen molar-refractivity contribution in [1.29, 1.82) is 0 Å². The van der Waals surface area contributed by atoms with Gasteiger partial charge in [-0.15, -0.1) is 12.4 Å². The third-order valence-electron chi connectivity index (χ3n) is 2.15. The van der Waals surface area contributed by atoms with E-state index in [1.165, 1.54) is 0 Å². The van der Waals surface area contributed by atoms with Gasteiger partial charge >= 0.3 is 0 Å². The van der Waals surface area contributed by atoms with Crippen molar-refractivity contribution in [1.82, 2.24) is 5.32 Å². The van der Waals surface area contributed by atoms with Crippen molar-refractivity contribution in [2.24, 2.45) is 5.73 Å². The quantitative estimate of drug-likeness (QED) is 0.890. The van der Waals surface area contributed by atoms with E-state index in [1.54, 1.807) is 25.3 Å². The number of halogens is 2. The van der Waals surface area contributed by atoms with Crippen molar-refractivity contribution < 1.29 is 9.53 Å². The number of carbonyl (C=O) groups excluding carboxylic acids is 1. The average Bonchev–Trinajstić information content (AvgIpc) is 2.29. The molecule has 0 saturated heterocycles. The Labute approximate surface area is 115 Å². The lowest BCUT2D eigenvalue weighted by Gasteiger charge is -2.12. The highest BCUT2D eigenvalue weighted by atomic mass is 79.9. The summed E-state index contributed by atoms with van der Waals surface area (Å²) in [6, 6.07) is 5.20. The Bertz CT molecular complexity index is 388. The van der Waals surface area contributed by atoms with Crippen molar-refractivity contribution in [2.75, 3.05) is 13.7 Å². The zero-order valence-electron chi connectivity index (χ0n) is 9.70. The summed E-state index contributed by atoms with van der Waals surface area (Å²) in [4.78, 5) is 11.9. The summed E-state index contributed by atoms with van der Waals surface area (Å²) in [6.07, 6.45) is 0. The van der Waals surface area contributed by atoms with E-state index in [0.717, 1.165) is 4.47 Å². The summed E-state index contributed by atoms with van der Waals surface area (Å²) in [7, 11) is 1.56. The Hall–Kier alpha value is -0.780. The maximum atomic E-state index is 11.9. The van der Waals surface area contributed by atoms with Gasteiger partial charge in [-0.1, -0.05) is 0 Å². The molecule has 0 aromatic heterocycles. The van der Waals surface area contributed by atoms with Crippen molar-refractivity contribution in [2.45, 2.75) is 13.0 Å². The number of hydrogen-bond donors (Lipinski definition) is 2. The molecule has 1 rings (SSSR count). The summed E-state index contributed by atoms with van der Waals surface area (Å²) in [6.45, 7) is 2.26. The van der Waals surface area contributed by atoms with Gasteiger partial charge in [0, 0.05) is 17.1 Å². The minimum Gasteiger partial charge on any atom is -0.497 e. The first kappa shape index (κ1) is 16.2. The van der Waals surface area contributed by atoms with Crippen LogP contribution in [0.3, 0.4) is 0 Å². The van der Waals surface area contributed by atoms with Crippen LogP contribution in [0.5, 0.6) is 5.75 Å². The van der Waals surface area contributed by atoms with Gasteiger partial charge in [-0.05, 0) is 41.1 Å². The van der Waals surface area contributed by atoms with Crippen LogP contribution in [0.25, 0.3) is 0 Å². The predicted octanol–water partition coefficient (Wildman–Crippen LogP) is 1.96. The van der Waals surface area contributed by atoms with Crippen molar-refractivity contribution in [3.8, 4) is 5.75 Å². The standard InChI is InChI=1S/C11H15BrN2O2.ClH/c1-7(6-13)14-11(15)9-5-8(16-2)3-4-10(9)12;/h3-5,7H,6,13H2,1-2H3,(H,14,15);1H/t7-;/m1./s1. The molecule has 6 heteroatoms. The van der Waals surface area contributed by atoms with Crippen LogP contribution in [0.2, 0.25) is 0 Å². The molecule has 96 valence electrons. The number of amides is 1. The summed E-state index contributed by atoms with van der Waals surface area (Å²) in [5.74, 6) is 0.484. The van der Waals surface area contributed by atoms with Gasteiger partial charge in [0.2, 0.25) is 0 Å². The topological polar surface area (TPSA) is 64.3 Å². The van der Waals surface area contributed by atoms with Gasteiger partial charge in [0.05, 0.1) is 12.7 Å². The normalized spacial score (nSPS) is 11.3. The lowest BCUT2D eigenvalue weighted by molar-refractivity contribution is 0.0940. The third kappa shape index (κ3) is 4.53. The number of methoxy groups -OCH3 is 1. The molecule has 0 radical (unpaired) electrons. The smallest absolute Gasteiger partial charge is 0.252 e. The van der Waals surface area contributed by atoms with E-state index < -0.39 is 0 Å². The first-order chi connectivity index (χ1) is 7.58. The molecule has 0 bridgehead atoms. The molecule has 0 heterocycles. The van der Waals surface area contributed by atoms with Crippen LogP contribution in [-0.4, -0.2) is 25.6 Å². The second kappa shape index (κ2) is 7.53. The maximum absolute atomic E-state index is 11.9. The van der Waals surface area contributed by atoms with Crippen LogP contribution in [-0.2, 0) is 0 Å². The fraction of sp³-hybridized carbons (Fsp3) is 0.364. The summed E-state index contributed by atoms with van der Waals surface area (Å²) < 4.78 is 5.80. The van der Waals surface area contributed by atoms with Crippen LogP contribution < -0.4 is 15.8 Å². The van der Waals surface area contributed by atoms with Crippen molar-refractivity contribution in [3.63, 3.8) is 0 Å². The Morgan fingerprint density at radius 3 is 2.76 bits per heavy atom. The molecule has 17 heavy (non-hydrogen) atoms. The zero-order chi connectivity index (χ0) is 12.1. The van der Waals surface area contributed by atoms with Gasteiger partial charge in [-0.3, -0.25) is 4.79 Å². The number of ether oxygens (including phenoxy) is 1. The molecule has 0 spiro atoms. The molecule has 4 nitrogen and oxygen atoms in total. The lowest BCUT2D eigenvalue weighted by Crippen LogP contribution is -2.37. The maximum Gasteiger partial charge on any atom is 0.252 e. The van der Waals surface area contributed by atoms with Gasteiger partial charge in [-0.2, -0.15) is 0 Å². The van der Waals surface area contributed by atoms with Gasteiger partial charge in [-0.25, -0.2) is 0 Å². The zero-order valence-corrected chi connectivity index (χ0v) is 12.1.